The van der Waals surface area contributed by atoms with E-state index in [2.05, 4.69) is 15.5 Å². The number of ether oxygens (including phenoxy) is 1. The van der Waals surface area contributed by atoms with Gasteiger partial charge < -0.3 is 15.2 Å². The van der Waals surface area contributed by atoms with E-state index < -0.39 is 5.97 Å². The third kappa shape index (κ3) is 2.73. The van der Waals surface area contributed by atoms with Gasteiger partial charge in [-0.2, -0.15) is 5.10 Å². The van der Waals surface area contributed by atoms with Crippen LogP contribution in [0.2, 0.25) is 0 Å². The molecule has 1 heterocycles. The average Bonchev–Trinajstić information content (AvgIpc) is 2.40. The number of rotatable bonds is 4. The van der Waals surface area contributed by atoms with Gasteiger partial charge in [0.1, 0.15) is 5.75 Å². The summed E-state index contributed by atoms with van der Waals surface area (Å²) in [5.74, 6) is 0.0775. The lowest BCUT2D eigenvalue weighted by Crippen LogP contribution is -2.01. The Balaban J connectivity index is 2.17. The molecule has 6 nitrogen and oxygen atoms in total. The Morgan fingerprint density at radius 2 is 2.06 bits per heavy atom. The Morgan fingerprint density at radius 3 is 2.67 bits per heavy atom. The molecule has 2 rings (SSSR count). The number of hydrogen-bond acceptors (Lipinski definition) is 5. The van der Waals surface area contributed by atoms with E-state index in [9.17, 15) is 4.79 Å². The van der Waals surface area contributed by atoms with Crippen molar-refractivity contribution in [2.24, 2.45) is 0 Å². The summed E-state index contributed by atoms with van der Waals surface area (Å²) in [6.45, 7) is 0. The molecule has 0 saturated carbocycles. The zero-order valence-electron chi connectivity index (χ0n) is 9.62. The van der Waals surface area contributed by atoms with Crippen LogP contribution in [0.1, 0.15) is 10.4 Å². The number of anilines is 2. The zero-order chi connectivity index (χ0) is 13.0. The highest BCUT2D eigenvalue weighted by molar-refractivity contribution is 5.88. The van der Waals surface area contributed by atoms with Crippen molar-refractivity contribution in [3.8, 4) is 5.75 Å². The third-order valence-corrected chi connectivity index (χ3v) is 2.26. The van der Waals surface area contributed by atoms with Crippen molar-refractivity contribution < 1.29 is 14.6 Å². The van der Waals surface area contributed by atoms with Crippen molar-refractivity contribution in [2.45, 2.75) is 0 Å². The van der Waals surface area contributed by atoms with Gasteiger partial charge in [-0.25, -0.2) is 4.79 Å². The molecular weight excluding hydrogens is 234 g/mol. The van der Waals surface area contributed by atoms with Crippen LogP contribution in [-0.2, 0) is 0 Å². The predicted molar refractivity (Wildman–Crippen MR) is 65.3 cm³/mol. The van der Waals surface area contributed by atoms with Gasteiger partial charge in [0.25, 0.3) is 0 Å². The fraction of sp³-hybridized carbons (Fsp3) is 0.0833. The number of carbonyl (C=O) groups is 1. The number of benzene rings is 1. The molecule has 0 aliphatic heterocycles. The van der Waals surface area contributed by atoms with Gasteiger partial charge >= 0.3 is 5.97 Å². The lowest BCUT2D eigenvalue weighted by Gasteiger charge is -2.06. The Morgan fingerprint density at radius 1 is 1.33 bits per heavy atom. The number of nitrogens with zero attached hydrogens (tertiary/aromatic N) is 2. The van der Waals surface area contributed by atoms with E-state index in [0.717, 1.165) is 11.4 Å². The van der Waals surface area contributed by atoms with Crippen LogP contribution in [0.3, 0.4) is 0 Å². The second-order valence-electron chi connectivity index (χ2n) is 3.49. The maximum atomic E-state index is 10.8. The Hall–Kier alpha value is -2.63. The number of nitrogens with one attached hydrogen (secondary N) is 1. The average molecular weight is 245 g/mol. The smallest absolute Gasteiger partial charge is 0.337 e. The quantitative estimate of drug-likeness (QED) is 0.856. The summed E-state index contributed by atoms with van der Waals surface area (Å²) < 4.78 is 5.04. The topological polar surface area (TPSA) is 84.3 Å². The van der Waals surface area contributed by atoms with Gasteiger partial charge in [0.15, 0.2) is 5.82 Å². The van der Waals surface area contributed by atoms with Crippen molar-refractivity contribution >= 4 is 17.5 Å². The van der Waals surface area contributed by atoms with Crippen LogP contribution in [0.25, 0.3) is 0 Å². The molecule has 0 amide bonds. The molecule has 2 aromatic rings. The van der Waals surface area contributed by atoms with E-state index in [-0.39, 0.29) is 5.56 Å². The summed E-state index contributed by atoms with van der Waals surface area (Å²) in [5.41, 5.74) is 0.855. The molecule has 0 radical (unpaired) electrons. The molecule has 0 atom stereocenters. The highest BCUT2D eigenvalue weighted by atomic mass is 16.5. The maximum Gasteiger partial charge on any atom is 0.337 e. The van der Waals surface area contributed by atoms with Gasteiger partial charge in [-0.05, 0) is 30.3 Å². The molecule has 0 bridgehead atoms. The largest absolute Gasteiger partial charge is 0.497 e. The van der Waals surface area contributed by atoms with Crippen molar-refractivity contribution in [2.75, 3.05) is 12.4 Å². The standard InChI is InChI=1S/C12H11N3O3/c1-18-10-4-2-9(3-5-10)14-11-6-8(12(16)17)7-13-15-11/h2-7H,1H3,(H,14,15)(H,16,17). The summed E-state index contributed by atoms with van der Waals surface area (Å²) in [6, 6.07) is 8.59. The molecule has 0 unspecified atom stereocenters. The summed E-state index contributed by atoms with van der Waals surface area (Å²) in [7, 11) is 1.59. The number of carboxylic acid groups (broad SMARTS) is 1. The molecule has 92 valence electrons. The molecule has 0 spiro atoms. The molecule has 0 aliphatic carbocycles. The van der Waals surface area contributed by atoms with Gasteiger partial charge in [-0.15, -0.1) is 5.10 Å². The molecule has 1 aromatic carbocycles. The Labute approximate surface area is 103 Å². The fourth-order valence-electron chi connectivity index (χ4n) is 1.37. The molecule has 0 saturated heterocycles. The van der Waals surface area contributed by atoms with Gasteiger partial charge in [0.05, 0.1) is 18.9 Å². The van der Waals surface area contributed by atoms with E-state index >= 15 is 0 Å². The van der Waals surface area contributed by atoms with Gasteiger partial charge in [-0.1, -0.05) is 0 Å². The minimum absolute atomic E-state index is 0.0843. The van der Waals surface area contributed by atoms with Crippen LogP contribution in [0, 0.1) is 0 Å². The fourth-order valence-corrected chi connectivity index (χ4v) is 1.37. The third-order valence-electron chi connectivity index (χ3n) is 2.26. The summed E-state index contributed by atoms with van der Waals surface area (Å²) >= 11 is 0. The number of carboxylic acids is 1. The second-order valence-corrected chi connectivity index (χ2v) is 3.49. The molecule has 2 N–H and O–H groups in total. The molecule has 6 heteroatoms. The molecule has 18 heavy (non-hydrogen) atoms. The summed E-state index contributed by atoms with van der Waals surface area (Å²) in [4.78, 5) is 10.8. The minimum Gasteiger partial charge on any atom is -0.497 e. The van der Waals surface area contributed by atoms with Crippen molar-refractivity contribution in [1.29, 1.82) is 0 Å². The van der Waals surface area contributed by atoms with Crippen LogP contribution < -0.4 is 10.1 Å². The number of methoxy groups -OCH3 is 1. The van der Waals surface area contributed by atoms with E-state index in [1.807, 2.05) is 0 Å². The van der Waals surface area contributed by atoms with Gasteiger partial charge in [0, 0.05) is 5.69 Å². The first-order valence-corrected chi connectivity index (χ1v) is 5.16. The number of hydrogen-bond donors (Lipinski definition) is 2. The van der Waals surface area contributed by atoms with Crippen LogP contribution in [-0.4, -0.2) is 28.4 Å². The zero-order valence-corrected chi connectivity index (χ0v) is 9.62. The lowest BCUT2D eigenvalue weighted by atomic mass is 10.3. The van der Waals surface area contributed by atoms with Gasteiger partial charge in [-0.3, -0.25) is 0 Å². The van der Waals surface area contributed by atoms with E-state index in [0.29, 0.717) is 5.82 Å². The Bertz CT molecular complexity index is 555. The van der Waals surface area contributed by atoms with Crippen LogP contribution in [0.4, 0.5) is 11.5 Å². The molecular formula is C12H11N3O3. The monoisotopic (exact) mass is 245 g/mol. The molecule has 0 fully saturated rings. The number of aromatic carboxylic acids is 1. The first-order valence-electron chi connectivity index (χ1n) is 5.16. The minimum atomic E-state index is -1.04. The second kappa shape index (κ2) is 5.13. The van der Waals surface area contributed by atoms with E-state index in [1.165, 1.54) is 12.3 Å². The predicted octanol–water partition coefficient (Wildman–Crippen LogP) is 1.93. The van der Waals surface area contributed by atoms with E-state index in [4.69, 9.17) is 9.84 Å². The first kappa shape index (κ1) is 11.8. The highest BCUT2D eigenvalue weighted by Gasteiger charge is 2.05. The van der Waals surface area contributed by atoms with Crippen molar-refractivity contribution in [1.82, 2.24) is 10.2 Å². The summed E-state index contributed by atoms with van der Waals surface area (Å²) in [5, 5.41) is 19.2. The maximum absolute atomic E-state index is 10.8. The van der Waals surface area contributed by atoms with Gasteiger partial charge in [0.2, 0.25) is 0 Å². The lowest BCUT2D eigenvalue weighted by molar-refractivity contribution is 0.0696. The molecule has 1 aromatic heterocycles. The van der Waals surface area contributed by atoms with Crippen molar-refractivity contribution in [3.63, 3.8) is 0 Å². The molecule has 0 aliphatic rings. The SMILES string of the molecule is COc1ccc(Nc2cc(C(=O)O)cnn2)cc1. The van der Waals surface area contributed by atoms with Crippen LogP contribution >= 0.6 is 0 Å². The van der Waals surface area contributed by atoms with Crippen LogP contribution in [0.5, 0.6) is 5.75 Å². The summed E-state index contributed by atoms with van der Waals surface area (Å²) in [6.07, 6.45) is 1.20. The normalized spacial score (nSPS) is 9.83. The van der Waals surface area contributed by atoms with Crippen LogP contribution in [0.15, 0.2) is 36.5 Å². The highest BCUT2D eigenvalue weighted by Crippen LogP contribution is 2.18. The first-order chi connectivity index (χ1) is 8.69. The van der Waals surface area contributed by atoms with Crippen molar-refractivity contribution in [3.05, 3.63) is 42.1 Å². The van der Waals surface area contributed by atoms with E-state index in [1.54, 1.807) is 31.4 Å². The Kier molecular flexibility index (Phi) is 3.38. The number of aromatic nitrogens is 2.